The zero-order valence-electron chi connectivity index (χ0n) is 18.4. The summed E-state index contributed by atoms with van der Waals surface area (Å²) in [6, 6.07) is 7.62. The van der Waals surface area contributed by atoms with Crippen molar-refractivity contribution >= 4 is 11.7 Å². The lowest BCUT2D eigenvalue weighted by atomic mass is 10.1. The molecule has 3 aromatic heterocycles. The van der Waals surface area contributed by atoms with E-state index in [1.54, 1.807) is 37.5 Å². The Labute approximate surface area is 189 Å². The number of anilines is 1. The number of alkyl halides is 3. The van der Waals surface area contributed by atoms with Crippen molar-refractivity contribution in [1.29, 1.82) is 0 Å². The highest BCUT2D eigenvalue weighted by atomic mass is 19.4. The van der Waals surface area contributed by atoms with E-state index in [1.807, 2.05) is 6.92 Å². The van der Waals surface area contributed by atoms with Crippen LogP contribution in [0.5, 0.6) is 0 Å². The number of amides is 1. The van der Waals surface area contributed by atoms with E-state index < -0.39 is 11.7 Å². The van der Waals surface area contributed by atoms with Crippen molar-refractivity contribution in [3.05, 3.63) is 65.9 Å². The number of nitrogens with zero attached hydrogens (tertiary/aromatic N) is 4. The van der Waals surface area contributed by atoms with Gasteiger partial charge in [-0.3, -0.25) is 4.79 Å². The zero-order chi connectivity index (χ0) is 23.8. The van der Waals surface area contributed by atoms with Gasteiger partial charge in [0.1, 0.15) is 11.5 Å². The van der Waals surface area contributed by atoms with Gasteiger partial charge in [-0.1, -0.05) is 6.92 Å². The summed E-state index contributed by atoms with van der Waals surface area (Å²) in [5.41, 5.74) is 0.744. The van der Waals surface area contributed by atoms with Gasteiger partial charge >= 0.3 is 6.18 Å². The fraction of sp³-hybridized carbons (Fsp3) is 0.348. The van der Waals surface area contributed by atoms with Gasteiger partial charge in [0.15, 0.2) is 5.82 Å². The summed E-state index contributed by atoms with van der Waals surface area (Å²) in [4.78, 5) is 29.4. The summed E-state index contributed by atoms with van der Waals surface area (Å²) >= 11 is 0. The monoisotopic (exact) mass is 458 g/mol. The van der Waals surface area contributed by atoms with Gasteiger partial charge in [0, 0.05) is 36.9 Å². The summed E-state index contributed by atoms with van der Waals surface area (Å²) in [6.07, 6.45) is 1.74. The molecule has 7 nitrogen and oxygen atoms in total. The summed E-state index contributed by atoms with van der Waals surface area (Å²) in [6.45, 7) is 4.20. The molecule has 1 atom stereocenters. The van der Waals surface area contributed by atoms with Gasteiger partial charge in [0.2, 0.25) is 0 Å². The highest BCUT2D eigenvalue weighted by molar-refractivity contribution is 5.98. The van der Waals surface area contributed by atoms with Crippen molar-refractivity contribution in [2.24, 2.45) is 0 Å². The van der Waals surface area contributed by atoms with Gasteiger partial charge in [-0.25, -0.2) is 19.9 Å². The molecule has 1 unspecified atom stereocenters. The number of pyridine rings is 2. The van der Waals surface area contributed by atoms with Gasteiger partial charge in [-0.15, -0.1) is 0 Å². The van der Waals surface area contributed by atoms with Gasteiger partial charge in [0.25, 0.3) is 5.91 Å². The molecule has 0 aliphatic carbocycles. The maximum Gasteiger partial charge on any atom is 0.417 e. The molecular formula is C23H25F3N6O. The van der Waals surface area contributed by atoms with Gasteiger partial charge in [0.05, 0.1) is 11.1 Å². The van der Waals surface area contributed by atoms with E-state index in [1.165, 1.54) is 6.07 Å². The van der Waals surface area contributed by atoms with E-state index in [9.17, 15) is 18.0 Å². The number of halogens is 3. The average Bonchev–Trinajstić information content (AvgIpc) is 2.81. The second kappa shape index (κ2) is 10.8. The molecule has 0 spiro atoms. The second-order valence-corrected chi connectivity index (χ2v) is 7.50. The minimum absolute atomic E-state index is 0.0107. The van der Waals surface area contributed by atoms with Gasteiger partial charge in [-0.05, 0) is 56.5 Å². The Bertz CT molecular complexity index is 1060. The Morgan fingerprint density at radius 3 is 2.48 bits per heavy atom. The van der Waals surface area contributed by atoms with Crippen LogP contribution in [0, 0.1) is 6.92 Å². The third-order valence-corrected chi connectivity index (χ3v) is 5.01. The topological polar surface area (TPSA) is 92.7 Å². The molecule has 1 amide bonds. The standard InChI is InChI=1S/C23H25F3N6O/c1-3-17(32-19-10-8-16(14-30-19)23(24,25)26)6-4-11-29-22(33)20-18(9-7-15(2)31-20)21-27-12-5-13-28-21/h5,7-10,12-14,17H,3-4,6,11H2,1-2H3,(H,29,33)(H,30,32). The van der Waals surface area contributed by atoms with E-state index in [2.05, 4.69) is 30.6 Å². The first kappa shape index (κ1) is 24.1. The normalized spacial score (nSPS) is 12.3. The second-order valence-electron chi connectivity index (χ2n) is 7.50. The van der Waals surface area contributed by atoms with Gasteiger partial charge < -0.3 is 10.6 Å². The molecule has 3 aromatic rings. The quantitative estimate of drug-likeness (QED) is 0.453. The van der Waals surface area contributed by atoms with E-state index in [0.29, 0.717) is 42.3 Å². The van der Waals surface area contributed by atoms with E-state index in [0.717, 1.165) is 18.7 Å². The van der Waals surface area contributed by atoms with Crippen molar-refractivity contribution in [3.8, 4) is 11.4 Å². The van der Waals surface area contributed by atoms with Crippen LogP contribution in [0.3, 0.4) is 0 Å². The molecule has 10 heteroatoms. The summed E-state index contributed by atoms with van der Waals surface area (Å²) < 4.78 is 38.0. The lowest BCUT2D eigenvalue weighted by Crippen LogP contribution is -2.28. The van der Waals surface area contributed by atoms with E-state index in [4.69, 9.17) is 0 Å². The minimum atomic E-state index is -4.41. The fourth-order valence-corrected chi connectivity index (χ4v) is 3.22. The summed E-state index contributed by atoms with van der Waals surface area (Å²) in [5, 5.41) is 6.02. The molecule has 0 aliphatic rings. The summed E-state index contributed by atoms with van der Waals surface area (Å²) in [5.74, 6) is 0.497. The van der Waals surface area contributed by atoms with Crippen molar-refractivity contribution in [3.63, 3.8) is 0 Å². The van der Waals surface area contributed by atoms with Crippen LogP contribution < -0.4 is 10.6 Å². The number of nitrogens with one attached hydrogen (secondary N) is 2. The first-order valence-electron chi connectivity index (χ1n) is 10.6. The van der Waals surface area contributed by atoms with Crippen LogP contribution in [0.4, 0.5) is 19.0 Å². The smallest absolute Gasteiger partial charge is 0.367 e. The van der Waals surface area contributed by atoms with Crippen molar-refractivity contribution in [2.75, 3.05) is 11.9 Å². The van der Waals surface area contributed by atoms with Gasteiger partial charge in [-0.2, -0.15) is 13.2 Å². The van der Waals surface area contributed by atoms with Crippen molar-refractivity contribution in [2.45, 2.75) is 45.3 Å². The SMILES string of the molecule is CCC(CCCNC(=O)c1nc(C)ccc1-c1ncccn1)Nc1ccc(C(F)(F)F)cn1. The number of aryl methyl sites for hydroxylation is 1. The number of hydrogen-bond donors (Lipinski definition) is 2. The molecule has 0 aromatic carbocycles. The van der Waals surface area contributed by atoms with Crippen LogP contribution in [0.15, 0.2) is 48.9 Å². The number of rotatable bonds is 9. The van der Waals surface area contributed by atoms with Crippen molar-refractivity contribution in [1.82, 2.24) is 25.3 Å². The fourth-order valence-electron chi connectivity index (χ4n) is 3.22. The molecule has 0 saturated carbocycles. The third kappa shape index (κ3) is 6.71. The largest absolute Gasteiger partial charge is 0.417 e. The molecular weight excluding hydrogens is 433 g/mol. The summed E-state index contributed by atoms with van der Waals surface area (Å²) in [7, 11) is 0. The zero-order valence-corrected chi connectivity index (χ0v) is 18.4. The maximum absolute atomic E-state index is 12.8. The number of aromatic nitrogens is 4. The molecule has 174 valence electrons. The van der Waals surface area contributed by atoms with Crippen LogP contribution >= 0.6 is 0 Å². The first-order chi connectivity index (χ1) is 15.8. The Hall–Kier alpha value is -3.56. The van der Waals surface area contributed by atoms with Crippen LogP contribution in [0.2, 0.25) is 0 Å². The predicted molar refractivity (Wildman–Crippen MR) is 119 cm³/mol. The third-order valence-electron chi connectivity index (χ3n) is 5.01. The molecule has 0 saturated heterocycles. The predicted octanol–water partition coefficient (Wildman–Crippen LogP) is 4.66. The molecule has 0 bridgehead atoms. The first-order valence-corrected chi connectivity index (χ1v) is 10.6. The molecule has 2 N–H and O–H groups in total. The molecule has 0 radical (unpaired) electrons. The number of hydrogen-bond acceptors (Lipinski definition) is 6. The van der Waals surface area contributed by atoms with Crippen LogP contribution in [-0.2, 0) is 6.18 Å². The average molecular weight is 458 g/mol. The number of carbonyl (C=O) groups excluding carboxylic acids is 1. The Balaban J connectivity index is 1.54. The van der Waals surface area contributed by atoms with Crippen LogP contribution in [0.1, 0.15) is 47.9 Å². The highest BCUT2D eigenvalue weighted by Gasteiger charge is 2.30. The molecule has 3 heterocycles. The molecule has 3 rings (SSSR count). The number of carbonyl (C=O) groups is 1. The molecule has 33 heavy (non-hydrogen) atoms. The van der Waals surface area contributed by atoms with E-state index in [-0.39, 0.29) is 17.6 Å². The van der Waals surface area contributed by atoms with Crippen LogP contribution in [0.25, 0.3) is 11.4 Å². The Morgan fingerprint density at radius 1 is 1.09 bits per heavy atom. The Kier molecular flexibility index (Phi) is 7.92. The minimum Gasteiger partial charge on any atom is -0.367 e. The lowest BCUT2D eigenvalue weighted by molar-refractivity contribution is -0.137. The van der Waals surface area contributed by atoms with Crippen molar-refractivity contribution < 1.29 is 18.0 Å². The molecule has 0 aliphatic heterocycles. The highest BCUT2D eigenvalue weighted by Crippen LogP contribution is 2.29. The molecule has 0 fully saturated rings. The maximum atomic E-state index is 12.8. The van der Waals surface area contributed by atoms with E-state index >= 15 is 0 Å². The Morgan fingerprint density at radius 2 is 1.85 bits per heavy atom. The van der Waals surface area contributed by atoms with Crippen LogP contribution in [-0.4, -0.2) is 38.4 Å². The lowest BCUT2D eigenvalue weighted by Gasteiger charge is -2.18.